The molecule has 23 heavy (non-hydrogen) atoms. The summed E-state index contributed by atoms with van der Waals surface area (Å²) in [6.45, 7) is 1.95. The van der Waals surface area contributed by atoms with Gasteiger partial charge in [0.05, 0.1) is 6.61 Å². The molecule has 0 aliphatic heterocycles. The Morgan fingerprint density at radius 3 is 2.35 bits per heavy atom. The fourth-order valence-electron chi connectivity index (χ4n) is 2.89. The summed E-state index contributed by atoms with van der Waals surface area (Å²) in [5, 5.41) is 23.4. The number of nitrogens with two attached hydrogens (primary N) is 1. The summed E-state index contributed by atoms with van der Waals surface area (Å²) in [6, 6.07) is -0.608. The molecule has 1 rings (SSSR count). The van der Waals surface area contributed by atoms with Crippen molar-refractivity contribution >= 4 is 0 Å². The van der Waals surface area contributed by atoms with Crippen LogP contribution in [0.4, 0.5) is 0 Å². The minimum atomic E-state index is -0.434. The van der Waals surface area contributed by atoms with Crippen molar-refractivity contribution in [3.63, 3.8) is 0 Å². The summed E-state index contributed by atoms with van der Waals surface area (Å²) < 4.78 is 30.8. The molecule has 1 aliphatic carbocycles. The molecule has 1 fully saturated rings. The van der Waals surface area contributed by atoms with Gasteiger partial charge in [-0.05, 0) is 25.2 Å². The Morgan fingerprint density at radius 2 is 1.78 bits per heavy atom. The van der Waals surface area contributed by atoms with Gasteiger partial charge in [0.2, 0.25) is 6.04 Å². The number of aliphatic hydroxyl groups is 1. The molecule has 8 heteroatoms. The van der Waals surface area contributed by atoms with E-state index in [9.17, 15) is 10.1 Å². The average molecular weight is 339 g/mol. The van der Waals surface area contributed by atoms with Gasteiger partial charge >= 0.3 is 0 Å². The predicted octanol–water partition coefficient (Wildman–Crippen LogP) is -0.700. The molecular formula is C15H33N5O3. The second-order valence-electron chi connectivity index (χ2n) is 6.09. The first kappa shape index (κ1) is 14.5. The molecule has 8 nitrogen and oxygen atoms in total. The Balaban J connectivity index is 2.23. The lowest BCUT2D eigenvalue weighted by Crippen LogP contribution is -2.40. The Hall–Kier alpha value is -0.800. The first-order valence-corrected chi connectivity index (χ1v) is 8.48. The third-order valence-corrected chi connectivity index (χ3v) is 4.17. The fourth-order valence-corrected chi connectivity index (χ4v) is 2.89. The Bertz CT molecular complexity index is 419. The van der Waals surface area contributed by atoms with Crippen LogP contribution >= 0.6 is 0 Å². The van der Waals surface area contributed by atoms with Crippen LogP contribution in [0.5, 0.6) is 0 Å². The number of rotatable bonds is 14. The van der Waals surface area contributed by atoms with E-state index in [0.717, 1.165) is 19.3 Å². The molecule has 0 bridgehead atoms. The molecule has 0 heterocycles. The van der Waals surface area contributed by atoms with E-state index in [-0.39, 0.29) is 24.1 Å². The van der Waals surface area contributed by atoms with Crippen molar-refractivity contribution in [2.45, 2.75) is 44.2 Å². The van der Waals surface area contributed by atoms with Crippen LogP contribution in [0.25, 0.3) is 0 Å². The number of aliphatic hydroxyl groups excluding tert-OH is 1. The zero-order valence-corrected chi connectivity index (χ0v) is 13.8. The molecule has 0 radical (unpaired) electrons. The molecule has 0 aromatic heterocycles. The highest BCUT2D eigenvalue weighted by molar-refractivity contribution is 4.77. The summed E-state index contributed by atoms with van der Waals surface area (Å²) in [6.07, 6.45) is 3.48. The van der Waals surface area contributed by atoms with Gasteiger partial charge in [0.25, 0.3) is 0 Å². The molecule has 1 saturated carbocycles. The maximum Gasteiger partial charge on any atom is 0.213 e. The van der Waals surface area contributed by atoms with Gasteiger partial charge in [-0.1, -0.05) is 0 Å². The second-order valence-corrected chi connectivity index (χ2v) is 6.09. The van der Waals surface area contributed by atoms with Crippen molar-refractivity contribution in [2.75, 3.05) is 45.9 Å². The largest absolute Gasteiger partial charge is 0.395 e. The van der Waals surface area contributed by atoms with Gasteiger partial charge in [0, 0.05) is 63.1 Å². The van der Waals surface area contributed by atoms with Gasteiger partial charge in [-0.3, -0.25) is 10.1 Å². The Kier molecular flexibility index (Phi) is 7.96. The van der Waals surface area contributed by atoms with Gasteiger partial charge in [-0.25, -0.2) is 0 Å². The van der Waals surface area contributed by atoms with Crippen molar-refractivity contribution in [1.82, 2.24) is 15.9 Å². The molecule has 6 N–H and O–H groups in total. The van der Waals surface area contributed by atoms with Crippen LogP contribution in [-0.4, -0.2) is 68.0 Å². The zero-order valence-electron chi connectivity index (χ0n) is 17.8. The summed E-state index contributed by atoms with van der Waals surface area (Å²) >= 11 is 0. The fraction of sp³-hybridized carbons (Fsp3) is 1.00. The lowest BCUT2D eigenvalue weighted by atomic mass is 9.82. The van der Waals surface area contributed by atoms with Crippen molar-refractivity contribution in [2.24, 2.45) is 11.6 Å². The quantitative estimate of drug-likeness (QED) is 0.209. The summed E-state index contributed by atoms with van der Waals surface area (Å²) in [4.78, 5) is 10.6. The van der Waals surface area contributed by atoms with Crippen LogP contribution in [0.15, 0.2) is 0 Å². The molecule has 136 valence electrons. The van der Waals surface area contributed by atoms with E-state index < -0.39 is 6.04 Å². The molecule has 1 unspecified atom stereocenters. The van der Waals surface area contributed by atoms with Crippen LogP contribution < -0.4 is 21.7 Å². The molecule has 0 aromatic rings. The molecule has 1 atom stereocenters. The number of hydrogen-bond acceptors (Lipinski definition) is 7. The first-order valence-electron chi connectivity index (χ1n) is 10.3. The van der Waals surface area contributed by atoms with Crippen LogP contribution in [0, 0.1) is 16.0 Å². The molecular weight excluding hydrogens is 298 g/mol. The molecule has 0 amide bonds. The average Bonchev–Trinajstić information content (AvgIpc) is 2.64. The van der Waals surface area contributed by atoms with Gasteiger partial charge in [-0.15, -0.1) is 0 Å². The van der Waals surface area contributed by atoms with Gasteiger partial charge in [0.1, 0.15) is 5.65 Å². The number of nitrogens with zero attached hydrogens (tertiary/aromatic N) is 1. The van der Waals surface area contributed by atoms with Gasteiger partial charge in [-0.2, -0.15) is 0 Å². The Labute approximate surface area is 144 Å². The van der Waals surface area contributed by atoms with Crippen molar-refractivity contribution in [1.29, 1.82) is 0 Å². The normalized spacial score (nSPS) is 25.9. The molecule has 0 spiro atoms. The first-order chi connectivity index (χ1) is 12.8. The third kappa shape index (κ3) is 9.83. The van der Waals surface area contributed by atoms with E-state index in [4.69, 9.17) is 10.8 Å². The van der Waals surface area contributed by atoms with E-state index >= 15 is 0 Å². The smallest absolute Gasteiger partial charge is 0.213 e. The standard InChI is InChI=1S/C15H33N5O3/c16-14(11-13-1-3-15(4-2-13)20(22)23)12-19-8-7-17-5-6-18-9-10-21/h13-15,17-19,21H,1-12,16H2/i/hT4. The lowest BCUT2D eigenvalue weighted by molar-refractivity contribution is -0.527. The van der Waals surface area contributed by atoms with E-state index in [0.29, 0.717) is 51.5 Å². The number of nitrogens with one attached hydrogen (secondary N) is 3. The molecule has 1 aliphatic rings. The van der Waals surface area contributed by atoms with Crippen LogP contribution in [0.3, 0.4) is 0 Å². The highest BCUT2D eigenvalue weighted by Crippen LogP contribution is 2.28. The van der Waals surface area contributed by atoms with Crippen LogP contribution in [-0.2, 0) is 0 Å². The van der Waals surface area contributed by atoms with Crippen molar-refractivity contribution in [3.8, 4) is 0 Å². The van der Waals surface area contributed by atoms with Crippen molar-refractivity contribution < 1.29 is 15.7 Å². The lowest BCUT2D eigenvalue weighted by Gasteiger charge is -2.26. The minimum absolute atomic E-state index is 0.0861. The Morgan fingerprint density at radius 1 is 1.17 bits per heavy atom. The van der Waals surface area contributed by atoms with Gasteiger partial charge in [0.15, 0.2) is 0 Å². The van der Waals surface area contributed by atoms with Crippen molar-refractivity contribution in [3.05, 3.63) is 10.1 Å². The van der Waals surface area contributed by atoms with E-state index in [1.54, 1.807) is 0 Å². The van der Waals surface area contributed by atoms with E-state index in [2.05, 4.69) is 5.73 Å². The maximum absolute atomic E-state index is 10.8. The number of nitro groups is 1. The number of hydrogen-bond donors (Lipinski definition) is 5. The van der Waals surface area contributed by atoms with E-state index in [1.165, 1.54) is 15.9 Å². The van der Waals surface area contributed by atoms with Crippen LogP contribution in [0.2, 0.25) is 5.65 Å². The summed E-state index contributed by atoms with van der Waals surface area (Å²) in [5.41, 5.74) is 2.49. The van der Waals surface area contributed by atoms with E-state index in [1.807, 2.05) is 0 Å². The minimum Gasteiger partial charge on any atom is -0.395 e. The summed E-state index contributed by atoms with van der Waals surface area (Å²) in [7, 11) is 0. The SMILES string of the molecule is [3H]NC(CC1CCC([N+](=O)[O-])CC1)CN([3H])CCN([3H])CCN([3H])CCO. The molecule has 0 saturated heterocycles. The monoisotopic (exact) mass is 339 g/mol. The molecule has 0 aromatic carbocycles. The zero-order chi connectivity index (χ0) is 20.2. The summed E-state index contributed by atoms with van der Waals surface area (Å²) in [5.74, 6) is 0.347. The van der Waals surface area contributed by atoms with Crippen LogP contribution in [0.1, 0.15) is 32.1 Å². The third-order valence-electron chi connectivity index (χ3n) is 4.17. The highest BCUT2D eigenvalue weighted by atomic mass is 16.6. The predicted molar refractivity (Wildman–Crippen MR) is 91.0 cm³/mol. The van der Waals surface area contributed by atoms with Gasteiger partial charge < -0.3 is 26.8 Å². The topological polar surface area (TPSA) is 125 Å². The highest BCUT2D eigenvalue weighted by Gasteiger charge is 2.28. The second kappa shape index (κ2) is 12.6. The maximum atomic E-state index is 10.8.